The Kier molecular flexibility index (Phi) is 12.5. The topological polar surface area (TPSA) is 92.3 Å². The number of hydrogen-bond donors (Lipinski definition) is 1. The summed E-state index contributed by atoms with van der Waals surface area (Å²) in [6, 6.07) is 18.4. The van der Waals surface area contributed by atoms with E-state index in [9.17, 15) is 4.79 Å². The molecule has 10 rings (SSSR count). The summed E-state index contributed by atoms with van der Waals surface area (Å²) in [5.74, 6) is 1.99. The van der Waals surface area contributed by atoms with Crippen molar-refractivity contribution in [1.29, 1.82) is 0 Å². The highest BCUT2D eigenvalue weighted by Gasteiger charge is 2.36. The lowest BCUT2D eigenvalue weighted by Crippen LogP contribution is -2.50. The summed E-state index contributed by atoms with van der Waals surface area (Å²) in [4.78, 5) is 31.6. The highest BCUT2D eigenvalue weighted by molar-refractivity contribution is 7.15. The monoisotopic (exact) mass is 810 g/mol. The van der Waals surface area contributed by atoms with Gasteiger partial charge in [0.15, 0.2) is 0 Å². The molecule has 2 aliphatic carbocycles. The Hall–Kier alpha value is -3.39. The summed E-state index contributed by atoms with van der Waals surface area (Å²) in [7, 11) is 1.56. The number of nitrogens with one attached hydrogen (secondary N) is 1. The summed E-state index contributed by atoms with van der Waals surface area (Å²) in [6.45, 7) is 8.61. The number of benzene rings is 2. The lowest BCUT2D eigenvalue weighted by molar-refractivity contribution is -0.136. The standard InChI is InChI=1S/C24H31N3O3S.C21H27N3OS/c1-29-16-23(28)27-12-9-21-22(15-27)31-24(25-21)17-5-7-19(8-6-17)30-20-13-18(14-20)26-10-3-2-4-11-26;1-2-10-24(11-3-1)16-12-18(13-16)25-17-6-4-15(5-7-17)21-23-19-8-9-22-14-20(19)26-21/h5-8,18,20H,2-4,9-16H2,1H3;4-7,16,18,22H,1-3,8-14H2. The summed E-state index contributed by atoms with van der Waals surface area (Å²) < 4.78 is 17.4. The zero-order valence-electron chi connectivity index (χ0n) is 33.5. The Morgan fingerprint density at radius 1 is 0.684 bits per heavy atom. The van der Waals surface area contributed by atoms with Gasteiger partial charge in [-0.25, -0.2) is 9.97 Å². The summed E-state index contributed by atoms with van der Waals surface area (Å²) in [6.07, 6.45) is 15.5. The maximum absolute atomic E-state index is 12.1. The van der Waals surface area contributed by atoms with E-state index in [1.165, 1.54) is 98.6 Å². The van der Waals surface area contributed by atoms with Gasteiger partial charge in [-0.15, -0.1) is 22.7 Å². The first-order valence-corrected chi connectivity index (χ1v) is 23.1. The van der Waals surface area contributed by atoms with Gasteiger partial charge in [0.1, 0.15) is 40.3 Å². The van der Waals surface area contributed by atoms with Gasteiger partial charge in [-0.05, 0) is 100 Å². The minimum Gasteiger partial charge on any atom is -0.490 e. The normalized spacial score (nSPS) is 24.9. The quantitative estimate of drug-likeness (QED) is 0.174. The van der Waals surface area contributed by atoms with Gasteiger partial charge < -0.3 is 34.2 Å². The maximum atomic E-state index is 12.1. The van der Waals surface area contributed by atoms with Gasteiger partial charge in [0, 0.05) is 98.2 Å². The first-order chi connectivity index (χ1) is 28.0. The van der Waals surface area contributed by atoms with Crippen molar-refractivity contribution in [1.82, 2.24) is 30.0 Å². The van der Waals surface area contributed by atoms with Crippen LogP contribution in [0.15, 0.2) is 48.5 Å². The number of hydrogen-bond acceptors (Lipinski definition) is 11. The number of piperidine rings is 2. The Balaban J connectivity index is 0.000000150. The van der Waals surface area contributed by atoms with Gasteiger partial charge in [-0.3, -0.25) is 4.79 Å². The summed E-state index contributed by atoms with van der Waals surface area (Å²) >= 11 is 3.51. The molecule has 6 heterocycles. The van der Waals surface area contributed by atoms with Crippen molar-refractivity contribution in [3.63, 3.8) is 0 Å². The summed E-state index contributed by atoms with van der Waals surface area (Å²) in [5.41, 5.74) is 4.72. The van der Waals surface area contributed by atoms with Crippen LogP contribution in [0, 0.1) is 0 Å². The molecule has 4 aromatic rings. The van der Waals surface area contributed by atoms with Crippen molar-refractivity contribution in [3.05, 3.63) is 69.7 Å². The van der Waals surface area contributed by atoms with Gasteiger partial charge in [-0.2, -0.15) is 0 Å². The number of likely N-dealkylation sites (tertiary alicyclic amines) is 2. The van der Waals surface area contributed by atoms with Crippen LogP contribution in [0.25, 0.3) is 21.1 Å². The number of thiazole rings is 2. The number of aromatic nitrogens is 2. The number of methoxy groups -OCH3 is 1. The molecule has 0 radical (unpaired) electrons. The smallest absolute Gasteiger partial charge is 0.248 e. The predicted octanol–water partition coefficient (Wildman–Crippen LogP) is 7.59. The van der Waals surface area contributed by atoms with Crippen molar-refractivity contribution in [3.8, 4) is 32.6 Å². The Morgan fingerprint density at radius 3 is 1.70 bits per heavy atom. The third-order valence-corrected chi connectivity index (χ3v) is 15.0. The number of amides is 1. The summed E-state index contributed by atoms with van der Waals surface area (Å²) in [5, 5.41) is 5.58. The first kappa shape index (κ1) is 39.1. The van der Waals surface area contributed by atoms with Crippen molar-refractivity contribution < 1.29 is 19.0 Å². The van der Waals surface area contributed by atoms with Crippen LogP contribution >= 0.6 is 22.7 Å². The van der Waals surface area contributed by atoms with Crippen LogP contribution in [0.4, 0.5) is 0 Å². The molecule has 4 aliphatic heterocycles. The molecule has 0 bridgehead atoms. The molecule has 2 aromatic heterocycles. The largest absolute Gasteiger partial charge is 0.490 e. The molecule has 57 heavy (non-hydrogen) atoms. The van der Waals surface area contributed by atoms with E-state index in [1.807, 2.05) is 16.2 Å². The van der Waals surface area contributed by atoms with Crippen LogP contribution < -0.4 is 14.8 Å². The molecule has 2 aromatic carbocycles. The molecule has 4 fully saturated rings. The van der Waals surface area contributed by atoms with Crippen molar-refractivity contribution in [2.24, 2.45) is 0 Å². The van der Waals surface area contributed by atoms with Crippen molar-refractivity contribution >= 4 is 28.6 Å². The molecule has 0 atom stereocenters. The molecule has 0 spiro atoms. The van der Waals surface area contributed by atoms with Crippen LogP contribution in [-0.2, 0) is 35.5 Å². The number of nitrogens with zero attached hydrogens (tertiary/aromatic N) is 5. The van der Waals surface area contributed by atoms with Gasteiger partial charge in [-0.1, -0.05) is 12.8 Å². The van der Waals surface area contributed by atoms with E-state index in [0.29, 0.717) is 25.3 Å². The SMILES string of the molecule is COCC(=O)N1CCc2nc(-c3ccc(OC4CC(N5CCCCC5)C4)cc3)sc2C1.c1cc(-c2nc3c(s2)CNCC3)ccc1OC1CC(N2CCCCC2)C1. The van der Waals surface area contributed by atoms with E-state index >= 15 is 0 Å². The van der Waals surface area contributed by atoms with E-state index in [1.54, 1.807) is 18.4 Å². The number of fused-ring (bicyclic) bond motifs is 2. The lowest BCUT2D eigenvalue weighted by atomic mass is 9.86. The van der Waals surface area contributed by atoms with Gasteiger partial charge in [0.2, 0.25) is 5.91 Å². The molecule has 304 valence electrons. The minimum absolute atomic E-state index is 0.0446. The maximum Gasteiger partial charge on any atom is 0.248 e. The molecule has 2 saturated carbocycles. The number of carbonyl (C=O) groups excluding carboxylic acids is 1. The Labute approximate surface area is 345 Å². The average molecular weight is 811 g/mol. The minimum atomic E-state index is 0.0446. The fourth-order valence-electron chi connectivity index (χ4n) is 9.16. The van der Waals surface area contributed by atoms with E-state index in [0.717, 1.165) is 83.6 Å². The molecule has 1 N–H and O–H groups in total. The van der Waals surface area contributed by atoms with E-state index in [4.69, 9.17) is 24.2 Å². The van der Waals surface area contributed by atoms with Gasteiger partial charge in [0.05, 0.1) is 17.9 Å². The fraction of sp³-hybridized carbons (Fsp3) is 0.578. The zero-order valence-corrected chi connectivity index (χ0v) is 35.1. The van der Waals surface area contributed by atoms with Crippen LogP contribution in [-0.4, -0.2) is 108 Å². The van der Waals surface area contributed by atoms with Crippen LogP contribution in [0.2, 0.25) is 0 Å². The van der Waals surface area contributed by atoms with E-state index in [2.05, 4.69) is 63.6 Å². The van der Waals surface area contributed by atoms with E-state index in [-0.39, 0.29) is 12.5 Å². The molecular weight excluding hydrogens is 753 g/mol. The van der Waals surface area contributed by atoms with Crippen LogP contribution in [0.5, 0.6) is 11.5 Å². The average Bonchev–Trinajstić information content (AvgIpc) is 3.86. The van der Waals surface area contributed by atoms with Crippen molar-refractivity contribution in [2.75, 3.05) is 53.0 Å². The third-order valence-electron chi connectivity index (χ3n) is 12.7. The Bertz CT molecular complexity index is 1900. The van der Waals surface area contributed by atoms with Crippen LogP contribution in [0.3, 0.4) is 0 Å². The Morgan fingerprint density at radius 2 is 1.19 bits per heavy atom. The molecule has 10 nitrogen and oxygen atoms in total. The molecule has 2 saturated heterocycles. The predicted molar refractivity (Wildman–Crippen MR) is 227 cm³/mol. The molecule has 6 aliphatic rings. The second-order valence-electron chi connectivity index (χ2n) is 16.7. The fourth-order valence-corrected chi connectivity index (χ4v) is 11.4. The molecular formula is C45H58N6O4S2. The highest BCUT2D eigenvalue weighted by atomic mass is 32.1. The number of rotatable bonds is 10. The third kappa shape index (κ3) is 9.42. The van der Waals surface area contributed by atoms with Crippen molar-refractivity contribution in [2.45, 2.75) is 114 Å². The second-order valence-corrected chi connectivity index (χ2v) is 18.8. The molecule has 1 amide bonds. The second kappa shape index (κ2) is 18.3. The lowest BCUT2D eigenvalue weighted by Gasteiger charge is -2.44. The molecule has 12 heteroatoms. The van der Waals surface area contributed by atoms with Crippen LogP contribution in [0.1, 0.15) is 85.4 Å². The first-order valence-electron chi connectivity index (χ1n) is 21.5. The highest BCUT2D eigenvalue weighted by Crippen LogP contribution is 2.36. The molecule has 0 unspecified atom stereocenters. The van der Waals surface area contributed by atoms with Gasteiger partial charge in [0.25, 0.3) is 0 Å². The number of ether oxygens (including phenoxy) is 3. The van der Waals surface area contributed by atoms with Gasteiger partial charge >= 0.3 is 0 Å². The number of carbonyl (C=O) groups is 1. The zero-order chi connectivity index (χ0) is 38.6. The van der Waals surface area contributed by atoms with E-state index < -0.39 is 0 Å².